The Kier molecular flexibility index (Phi) is 8.28. The van der Waals surface area contributed by atoms with Crippen LogP contribution in [0, 0.1) is 0 Å². The Labute approximate surface area is 97.8 Å². The summed E-state index contributed by atoms with van der Waals surface area (Å²) in [5.41, 5.74) is 1.98. The molecular formula is C12H19NP2. The molecule has 0 aromatic heterocycles. The van der Waals surface area contributed by atoms with Crippen LogP contribution < -0.4 is 0 Å². The summed E-state index contributed by atoms with van der Waals surface area (Å²) in [6, 6.07) is 0. The molecule has 15 heavy (non-hydrogen) atoms. The second-order valence-electron chi connectivity index (χ2n) is 2.92. The van der Waals surface area contributed by atoms with E-state index in [2.05, 4.69) is 44.9 Å². The van der Waals surface area contributed by atoms with E-state index in [1.165, 1.54) is 0 Å². The third-order valence-electron chi connectivity index (χ3n) is 1.67. The zero-order chi connectivity index (χ0) is 11.7. The molecule has 0 bridgehead atoms. The van der Waals surface area contributed by atoms with Crippen molar-refractivity contribution in [3.8, 4) is 0 Å². The van der Waals surface area contributed by atoms with Gasteiger partial charge in [-0.15, -0.1) is 0 Å². The zero-order valence-electron chi connectivity index (χ0n) is 9.19. The van der Waals surface area contributed by atoms with E-state index in [0.717, 1.165) is 17.7 Å². The van der Waals surface area contributed by atoms with E-state index in [-0.39, 0.29) is 0 Å². The third kappa shape index (κ3) is 6.44. The molecule has 0 aliphatic carbocycles. The van der Waals surface area contributed by atoms with Crippen LogP contribution in [0.4, 0.5) is 0 Å². The molecule has 82 valence electrons. The molecule has 0 heterocycles. The highest BCUT2D eigenvalue weighted by Crippen LogP contribution is 2.23. The molecule has 0 aliphatic heterocycles. The van der Waals surface area contributed by atoms with Gasteiger partial charge in [0.25, 0.3) is 0 Å². The molecule has 0 N–H and O–H groups in total. The first kappa shape index (κ1) is 14.4. The van der Waals surface area contributed by atoms with Gasteiger partial charge in [0.05, 0.1) is 0 Å². The van der Waals surface area contributed by atoms with E-state index in [0.29, 0.717) is 0 Å². The van der Waals surface area contributed by atoms with Crippen LogP contribution in [0.2, 0.25) is 0 Å². The van der Waals surface area contributed by atoms with E-state index in [9.17, 15) is 0 Å². The number of hydrogen-bond donors (Lipinski definition) is 0. The third-order valence-corrected chi connectivity index (χ3v) is 2.22. The maximum Gasteiger partial charge on any atom is 0.0490 e. The van der Waals surface area contributed by atoms with Crippen LogP contribution in [0.3, 0.4) is 0 Å². The lowest BCUT2D eigenvalue weighted by molar-refractivity contribution is 0.952. The van der Waals surface area contributed by atoms with Crippen molar-refractivity contribution in [3.63, 3.8) is 0 Å². The first-order valence-electron chi connectivity index (χ1n) is 4.78. The van der Waals surface area contributed by atoms with Crippen molar-refractivity contribution in [3.05, 3.63) is 60.9 Å². The van der Waals surface area contributed by atoms with Crippen molar-refractivity contribution in [1.82, 2.24) is 4.44 Å². The lowest BCUT2D eigenvalue weighted by atomic mass is 10.2. The van der Waals surface area contributed by atoms with Crippen LogP contribution in [-0.4, -0.2) is 4.44 Å². The Morgan fingerprint density at radius 2 is 2.00 bits per heavy atom. The van der Waals surface area contributed by atoms with Crippen molar-refractivity contribution in [1.29, 1.82) is 0 Å². The van der Waals surface area contributed by atoms with Gasteiger partial charge in [-0.3, -0.25) is 0 Å². The molecule has 0 aliphatic rings. The monoisotopic (exact) mass is 239 g/mol. The van der Waals surface area contributed by atoms with Crippen LogP contribution in [0.1, 0.15) is 13.3 Å². The summed E-state index contributed by atoms with van der Waals surface area (Å²) >= 11 is 0. The summed E-state index contributed by atoms with van der Waals surface area (Å²) in [6.07, 6.45) is 12.7. The summed E-state index contributed by atoms with van der Waals surface area (Å²) in [5.74, 6) is 0. The summed E-state index contributed by atoms with van der Waals surface area (Å²) in [6.45, 7) is 9.72. The van der Waals surface area contributed by atoms with Crippen molar-refractivity contribution >= 4 is 18.8 Å². The van der Waals surface area contributed by atoms with Gasteiger partial charge in [-0.05, 0) is 36.9 Å². The van der Waals surface area contributed by atoms with Gasteiger partial charge in [0.1, 0.15) is 0 Å². The van der Waals surface area contributed by atoms with E-state index < -0.39 is 0 Å². The highest BCUT2D eigenvalue weighted by atomic mass is 31.1. The van der Waals surface area contributed by atoms with Crippen molar-refractivity contribution in [2.45, 2.75) is 13.3 Å². The summed E-state index contributed by atoms with van der Waals surface area (Å²) < 4.78 is 1.88. The van der Waals surface area contributed by atoms with Gasteiger partial charge in [-0.1, -0.05) is 50.5 Å². The Morgan fingerprint density at radius 3 is 2.47 bits per heavy atom. The molecular weight excluding hydrogens is 220 g/mol. The van der Waals surface area contributed by atoms with Crippen LogP contribution in [0.5, 0.6) is 0 Å². The quantitative estimate of drug-likeness (QED) is 0.500. The van der Waals surface area contributed by atoms with Gasteiger partial charge < -0.3 is 4.44 Å². The fraction of sp³-hybridized carbons (Fsp3) is 0.167. The normalized spacial score (nSPS) is 12.3. The minimum atomic E-state index is 0.945. The van der Waals surface area contributed by atoms with Crippen molar-refractivity contribution in [2.24, 2.45) is 0 Å². The first-order chi connectivity index (χ1) is 7.13. The van der Waals surface area contributed by atoms with E-state index >= 15 is 0 Å². The second kappa shape index (κ2) is 8.65. The van der Waals surface area contributed by atoms with Crippen molar-refractivity contribution < 1.29 is 0 Å². The van der Waals surface area contributed by atoms with E-state index in [4.69, 9.17) is 0 Å². The van der Waals surface area contributed by atoms with Crippen LogP contribution in [0.15, 0.2) is 60.9 Å². The molecule has 0 aromatic rings. The summed E-state index contributed by atoms with van der Waals surface area (Å²) in [7, 11) is 5.18. The minimum absolute atomic E-state index is 0.945. The maximum atomic E-state index is 3.99. The lowest BCUT2D eigenvalue weighted by Crippen LogP contribution is -1.97. The minimum Gasteiger partial charge on any atom is -0.340 e. The molecule has 0 spiro atoms. The van der Waals surface area contributed by atoms with Crippen LogP contribution >= 0.6 is 18.8 Å². The predicted octanol–water partition coefficient (Wildman–Crippen LogP) is 4.02. The molecule has 0 saturated heterocycles. The SMILES string of the molecule is C=C/C=C\C(=C)/C(=C\C=C/CC)N(P)P. The van der Waals surface area contributed by atoms with Gasteiger partial charge in [0.15, 0.2) is 0 Å². The highest BCUT2D eigenvalue weighted by Gasteiger charge is 2.00. The molecule has 0 aromatic carbocycles. The molecule has 1 nitrogen and oxygen atoms in total. The molecule has 3 heteroatoms. The number of rotatable bonds is 6. The zero-order valence-corrected chi connectivity index (χ0v) is 11.5. The summed E-state index contributed by atoms with van der Waals surface area (Å²) in [4.78, 5) is 0. The molecule has 0 fully saturated rings. The molecule has 2 unspecified atom stereocenters. The molecule has 0 radical (unpaired) electrons. The topological polar surface area (TPSA) is 3.24 Å². The Bertz CT molecular complexity index is 299. The van der Waals surface area contributed by atoms with Crippen LogP contribution in [-0.2, 0) is 0 Å². The van der Waals surface area contributed by atoms with Gasteiger partial charge in [0, 0.05) is 5.70 Å². The smallest absolute Gasteiger partial charge is 0.0490 e. The van der Waals surface area contributed by atoms with E-state index in [1.54, 1.807) is 6.08 Å². The molecule has 0 rings (SSSR count). The largest absolute Gasteiger partial charge is 0.340 e. The number of hydrogen-bond acceptors (Lipinski definition) is 1. The maximum absolute atomic E-state index is 3.99. The van der Waals surface area contributed by atoms with Crippen LogP contribution in [0.25, 0.3) is 0 Å². The number of nitrogens with zero attached hydrogens (tertiary/aromatic N) is 1. The lowest BCUT2D eigenvalue weighted by Gasteiger charge is -2.16. The first-order valence-corrected chi connectivity index (χ1v) is 5.81. The fourth-order valence-electron chi connectivity index (χ4n) is 0.924. The average Bonchev–Trinajstić information content (AvgIpc) is 2.20. The van der Waals surface area contributed by atoms with Gasteiger partial charge >= 0.3 is 0 Å². The Morgan fingerprint density at radius 1 is 1.33 bits per heavy atom. The average molecular weight is 239 g/mol. The summed E-state index contributed by atoms with van der Waals surface area (Å²) in [5, 5.41) is 0. The van der Waals surface area contributed by atoms with Gasteiger partial charge in [0.2, 0.25) is 0 Å². The molecule has 2 atom stereocenters. The van der Waals surface area contributed by atoms with Gasteiger partial charge in [-0.25, -0.2) is 0 Å². The van der Waals surface area contributed by atoms with Crippen molar-refractivity contribution in [2.75, 3.05) is 0 Å². The predicted molar refractivity (Wildman–Crippen MR) is 77.2 cm³/mol. The highest BCUT2D eigenvalue weighted by molar-refractivity contribution is 7.31. The Hall–Kier alpha value is -0.640. The molecule has 0 amide bonds. The fourth-order valence-corrected chi connectivity index (χ4v) is 1.43. The van der Waals surface area contributed by atoms with E-state index in [1.807, 2.05) is 28.7 Å². The number of allylic oxidation sites excluding steroid dienone is 6. The Balaban J connectivity index is 4.73. The molecule has 0 saturated carbocycles. The standard InChI is InChI=1S/C12H19NP2/c1-4-6-8-10-12(13(14)15)11(3)9-7-5-2/h5-10H,2-4,14-15H2,1H3/b8-6-,9-7-,12-10+. The second-order valence-corrected chi connectivity index (χ2v) is 4.62. The van der Waals surface area contributed by atoms with Gasteiger partial charge in [-0.2, -0.15) is 0 Å².